The second-order valence-corrected chi connectivity index (χ2v) is 4.67. The molecule has 2 rings (SSSR count). The van der Waals surface area contributed by atoms with Crippen molar-refractivity contribution in [1.82, 2.24) is 0 Å². The van der Waals surface area contributed by atoms with Crippen molar-refractivity contribution < 1.29 is 5.11 Å². The van der Waals surface area contributed by atoms with Gasteiger partial charge in [-0.05, 0) is 49.3 Å². The fourth-order valence-corrected chi connectivity index (χ4v) is 2.19. The molecular formula is C13H19NO. The number of rotatable bonds is 2. The Morgan fingerprint density at radius 3 is 2.60 bits per heavy atom. The summed E-state index contributed by atoms with van der Waals surface area (Å²) in [6.45, 7) is 2.04. The molecule has 82 valence electrons. The molecule has 2 heteroatoms. The first-order chi connectivity index (χ1) is 7.13. The molecule has 3 N–H and O–H groups in total. The Morgan fingerprint density at radius 1 is 1.27 bits per heavy atom. The van der Waals surface area contributed by atoms with E-state index in [2.05, 4.69) is 12.1 Å². The zero-order valence-electron chi connectivity index (χ0n) is 9.29. The van der Waals surface area contributed by atoms with Gasteiger partial charge in [-0.25, -0.2) is 0 Å². The zero-order valence-corrected chi connectivity index (χ0v) is 9.29. The summed E-state index contributed by atoms with van der Waals surface area (Å²) in [4.78, 5) is 0. The first kappa shape index (κ1) is 10.7. The lowest BCUT2D eigenvalue weighted by atomic mass is 9.86. The van der Waals surface area contributed by atoms with E-state index < -0.39 is 5.60 Å². The van der Waals surface area contributed by atoms with Crippen molar-refractivity contribution in [3.05, 3.63) is 34.9 Å². The number of benzene rings is 1. The van der Waals surface area contributed by atoms with E-state index in [1.54, 1.807) is 6.92 Å². The Labute approximate surface area is 91.1 Å². The molecule has 0 spiro atoms. The number of hydrogen-bond donors (Lipinski definition) is 2. The van der Waals surface area contributed by atoms with E-state index >= 15 is 0 Å². The Bertz CT molecular complexity index is 358. The van der Waals surface area contributed by atoms with E-state index in [4.69, 9.17) is 5.73 Å². The average molecular weight is 205 g/mol. The van der Waals surface area contributed by atoms with Gasteiger partial charge in [-0.1, -0.05) is 18.2 Å². The molecule has 0 saturated carbocycles. The number of hydrogen-bond acceptors (Lipinski definition) is 2. The van der Waals surface area contributed by atoms with Crippen molar-refractivity contribution in [3.8, 4) is 0 Å². The molecule has 0 aliphatic heterocycles. The van der Waals surface area contributed by atoms with Gasteiger partial charge in [0.25, 0.3) is 0 Å². The van der Waals surface area contributed by atoms with Crippen molar-refractivity contribution in [3.63, 3.8) is 0 Å². The summed E-state index contributed by atoms with van der Waals surface area (Å²) in [6.07, 6.45) is 4.88. The number of aliphatic hydroxyl groups is 1. The summed E-state index contributed by atoms with van der Waals surface area (Å²) >= 11 is 0. The van der Waals surface area contributed by atoms with Crippen LogP contribution in [-0.4, -0.2) is 11.7 Å². The van der Waals surface area contributed by atoms with Gasteiger partial charge in [0, 0.05) is 6.54 Å². The summed E-state index contributed by atoms with van der Waals surface area (Å²) in [5.41, 5.74) is 8.47. The Morgan fingerprint density at radius 2 is 1.93 bits per heavy atom. The molecule has 0 aromatic heterocycles. The molecule has 1 aliphatic rings. The number of aryl methyl sites for hydroxylation is 2. The molecule has 2 nitrogen and oxygen atoms in total. The summed E-state index contributed by atoms with van der Waals surface area (Å²) in [6, 6.07) is 6.28. The van der Waals surface area contributed by atoms with Crippen LogP contribution in [0.1, 0.15) is 36.5 Å². The third-order valence-corrected chi connectivity index (χ3v) is 3.37. The van der Waals surface area contributed by atoms with Gasteiger partial charge in [-0.15, -0.1) is 0 Å². The standard InChI is InChI=1S/C13H19NO/c1-13(15,9-14)12-7-6-10-4-2-3-5-11(10)8-12/h6-8,15H,2-5,9,14H2,1H3. The van der Waals surface area contributed by atoms with Crippen molar-refractivity contribution >= 4 is 0 Å². The normalized spacial score (nSPS) is 19.4. The maximum absolute atomic E-state index is 10.1. The fraction of sp³-hybridized carbons (Fsp3) is 0.538. The van der Waals surface area contributed by atoms with Crippen LogP contribution in [0.25, 0.3) is 0 Å². The molecule has 0 amide bonds. The van der Waals surface area contributed by atoms with Crippen LogP contribution in [0.3, 0.4) is 0 Å². The highest BCUT2D eigenvalue weighted by Gasteiger charge is 2.22. The fourth-order valence-electron chi connectivity index (χ4n) is 2.19. The quantitative estimate of drug-likeness (QED) is 0.772. The van der Waals surface area contributed by atoms with Gasteiger partial charge < -0.3 is 10.8 Å². The summed E-state index contributed by atoms with van der Waals surface area (Å²) in [7, 11) is 0. The third kappa shape index (κ3) is 2.06. The lowest BCUT2D eigenvalue weighted by Gasteiger charge is -2.24. The molecule has 1 aliphatic carbocycles. The van der Waals surface area contributed by atoms with Gasteiger partial charge in [0.1, 0.15) is 0 Å². The summed E-state index contributed by atoms with van der Waals surface area (Å²) < 4.78 is 0. The van der Waals surface area contributed by atoms with Crippen LogP contribution in [0.5, 0.6) is 0 Å². The second-order valence-electron chi connectivity index (χ2n) is 4.67. The lowest BCUT2D eigenvalue weighted by Crippen LogP contribution is -2.31. The molecule has 1 aromatic carbocycles. The minimum absolute atomic E-state index is 0.270. The van der Waals surface area contributed by atoms with E-state index in [0.29, 0.717) is 0 Å². The smallest absolute Gasteiger partial charge is 0.0990 e. The van der Waals surface area contributed by atoms with Crippen molar-refractivity contribution in [2.24, 2.45) is 5.73 Å². The molecule has 1 aromatic rings. The first-order valence-corrected chi connectivity index (χ1v) is 5.68. The van der Waals surface area contributed by atoms with Crippen LogP contribution in [0.15, 0.2) is 18.2 Å². The summed E-state index contributed by atoms with van der Waals surface area (Å²) in [5.74, 6) is 0. The molecule has 0 bridgehead atoms. The third-order valence-electron chi connectivity index (χ3n) is 3.37. The highest BCUT2D eigenvalue weighted by atomic mass is 16.3. The molecule has 15 heavy (non-hydrogen) atoms. The van der Waals surface area contributed by atoms with Gasteiger partial charge in [0.05, 0.1) is 5.60 Å². The topological polar surface area (TPSA) is 46.2 Å². The molecule has 1 unspecified atom stereocenters. The van der Waals surface area contributed by atoms with Crippen LogP contribution in [0, 0.1) is 0 Å². The SMILES string of the molecule is CC(O)(CN)c1ccc2c(c1)CCCC2. The van der Waals surface area contributed by atoms with E-state index in [9.17, 15) is 5.11 Å². The Hall–Kier alpha value is -0.860. The van der Waals surface area contributed by atoms with Crippen molar-refractivity contribution in [1.29, 1.82) is 0 Å². The van der Waals surface area contributed by atoms with E-state index in [0.717, 1.165) is 12.0 Å². The van der Waals surface area contributed by atoms with Crippen molar-refractivity contribution in [2.45, 2.75) is 38.2 Å². The predicted octanol–water partition coefficient (Wildman–Crippen LogP) is 1.73. The highest BCUT2D eigenvalue weighted by Crippen LogP contribution is 2.26. The monoisotopic (exact) mass is 205 g/mol. The van der Waals surface area contributed by atoms with Gasteiger partial charge in [0.2, 0.25) is 0 Å². The van der Waals surface area contributed by atoms with Crippen LogP contribution >= 0.6 is 0 Å². The predicted molar refractivity (Wildman–Crippen MR) is 61.7 cm³/mol. The van der Waals surface area contributed by atoms with Gasteiger partial charge >= 0.3 is 0 Å². The zero-order chi connectivity index (χ0) is 10.9. The van der Waals surface area contributed by atoms with Gasteiger partial charge in [0.15, 0.2) is 0 Å². The van der Waals surface area contributed by atoms with E-state index in [-0.39, 0.29) is 6.54 Å². The number of nitrogens with two attached hydrogens (primary N) is 1. The molecule has 0 heterocycles. The average Bonchev–Trinajstić information content (AvgIpc) is 2.28. The maximum atomic E-state index is 10.1. The van der Waals surface area contributed by atoms with E-state index in [1.165, 1.54) is 30.4 Å². The Balaban J connectivity index is 2.36. The molecule has 1 atom stereocenters. The Kier molecular flexibility index (Phi) is 2.81. The minimum Gasteiger partial charge on any atom is -0.384 e. The number of fused-ring (bicyclic) bond motifs is 1. The molecule has 0 saturated heterocycles. The maximum Gasteiger partial charge on any atom is 0.0990 e. The first-order valence-electron chi connectivity index (χ1n) is 5.68. The van der Waals surface area contributed by atoms with Crippen LogP contribution in [-0.2, 0) is 18.4 Å². The molecule has 0 radical (unpaired) electrons. The summed E-state index contributed by atoms with van der Waals surface area (Å²) in [5, 5.41) is 10.1. The minimum atomic E-state index is -0.882. The van der Waals surface area contributed by atoms with E-state index in [1.807, 2.05) is 6.07 Å². The van der Waals surface area contributed by atoms with Crippen LogP contribution < -0.4 is 5.73 Å². The second kappa shape index (κ2) is 3.95. The van der Waals surface area contributed by atoms with Crippen LogP contribution in [0.2, 0.25) is 0 Å². The largest absolute Gasteiger partial charge is 0.384 e. The highest BCUT2D eigenvalue weighted by molar-refractivity contribution is 5.36. The van der Waals surface area contributed by atoms with Gasteiger partial charge in [-0.2, -0.15) is 0 Å². The molecular weight excluding hydrogens is 186 g/mol. The van der Waals surface area contributed by atoms with Gasteiger partial charge in [-0.3, -0.25) is 0 Å². The lowest BCUT2D eigenvalue weighted by molar-refractivity contribution is 0.0667. The van der Waals surface area contributed by atoms with Crippen LogP contribution in [0.4, 0.5) is 0 Å². The molecule has 0 fully saturated rings. The van der Waals surface area contributed by atoms with Crippen molar-refractivity contribution in [2.75, 3.05) is 6.54 Å².